The number of rotatable bonds is 8. The van der Waals surface area contributed by atoms with Crippen molar-refractivity contribution in [2.45, 2.75) is 39.3 Å². The second kappa shape index (κ2) is 8.31. The van der Waals surface area contributed by atoms with Crippen molar-refractivity contribution in [3.05, 3.63) is 35.4 Å². The lowest BCUT2D eigenvalue weighted by molar-refractivity contribution is 0.0563. The zero-order valence-corrected chi connectivity index (χ0v) is 12.7. The average Bonchev–Trinajstić information content (AvgIpc) is 2.39. The van der Waals surface area contributed by atoms with Gasteiger partial charge in [-0.3, -0.25) is 4.90 Å². The highest BCUT2D eigenvalue weighted by Crippen LogP contribution is 2.22. The number of benzene rings is 1. The van der Waals surface area contributed by atoms with Gasteiger partial charge in [-0.2, -0.15) is 0 Å². The van der Waals surface area contributed by atoms with Crippen LogP contribution in [0.5, 0.6) is 0 Å². The van der Waals surface area contributed by atoms with Crippen LogP contribution in [0, 0.1) is 0 Å². The molecule has 0 aliphatic rings. The largest absolute Gasteiger partial charge is 0.377 e. The van der Waals surface area contributed by atoms with Gasteiger partial charge in [-0.1, -0.05) is 31.2 Å². The highest BCUT2D eigenvalue weighted by atomic mass is 16.5. The third-order valence-electron chi connectivity index (χ3n) is 3.45. The highest BCUT2D eigenvalue weighted by molar-refractivity contribution is 5.30. The molecule has 0 spiro atoms. The molecule has 0 bridgehead atoms. The van der Waals surface area contributed by atoms with Crippen LogP contribution in [0.25, 0.3) is 0 Å². The third-order valence-corrected chi connectivity index (χ3v) is 3.45. The molecular formula is C16H28N2O. The first-order chi connectivity index (χ1) is 9.10. The molecule has 1 aromatic carbocycles. The molecule has 1 unspecified atom stereocenters. The predicted octanol–water partition coefficient (Wildman–Crippen LogP) is 2.61. The van der Waals surface area contributed by atoms with E-state index in [1.165, 1.54) is 11.1 Å². The molecule has 1 atom stereocenters. The fourth-order valence-electron chi connectivity index (χ4n) is 2.31. The summed E-state index contributed by atoms with van der Waals surface area (Å²) in [6, 6.07) is 8.84. The van der Waals surface area contributed by atoms with Gasteiger partial charge in [0.05, 0.1) is 12.7 Å². The molecule has 108 valence electrons. The molecule has 0 heterocycles. The average molecular weight is 264 g/mol. The number of nitrogens with zero attached hydrogens (tertiary/aromatic N) is 1. The monoisotopic (exact) mass is 264 g/mol. The molecule has 0 amide bonds. The van der Waals surface area contributed by atoms with E-state index < -0.39 is 0 Å². The molecule has 0 fully saturated rings. The summed E-state index contributed by atoms with van der Waals surface area (Å²) in [6.45, 7) is 8.60. The van der Waals surface area contributed by atoms with Crippen molar-refractivity contribution in [1.29, 1.82) is 0 Å². The van der Waals surface area contributed by atoms with Crippen LogP contribution in [0.4, 0.5) is 0 Å². The van der Waals surface area contributed by atoms with Crippen molar-refractivity contribution in [3.63, 3.8) is 0 Å². The Morgan fingerprint density at radius 2 is 1.95 bits per heavy atom. The summed E-state index contributed by atoms with van der Waals surface area (Å²) in [5, 5.41) is 0. The first kappa shape index (κ1) is 16.2. The number of ether oxygens (including phenoxy) is 1. The molecule has 1 rings (SSSR count). The maximum Gasteiger partial charge on any atom is 0.0597 e. The smallest absolute Gasteiger partial charge is 0.0597 e. The van der Waals surface area contributed by atoms with E-state index in [0.29, 0.717) is 6.54 Å². The third kappa shape index (κ3) is 4.94. The van der Waals surface area contributed by atoms with Gasteiger partial charge >= 0.3 is 0 Å². The van der Waals surface area contributed by atoms with Crippen LogP contribution in [0.15, 0.2) is 24.3 Å². The fourth-order valence-corrected chi connectivity index (χ4v) is 2.31. The van der Waals surface area contributed by atoms with E-state index >= 15 is 0 Å². The van der Waals surface area contributed by atoms with E-state index in [1.807, 2.05) is 0 Å². The Labute approximate surface area is 117 Å². The standard InChI is InChI=1S/C16H28N2O/c1-5-14-8-6-7-9-15(14)16(12-17)18(4)10-11-19-13(2)3/h6-9,13,16H,5,10-12,17H2,1-4H3. The number of aryl methyl sites for hydroxylation is 1. The molecule has 3 heteroatoms. The van der Waals surface area contributed by atoms with Crippen LogP contribution in [-0.2, 0) is 11.2 Å². The molecule has 0 saturated carbocycles. The Morgan fingerprint density at radius 3 is 2.53 bits per heavy atom. The van der Waals surface area contributed by atoms with Gasteiger partial charge in [0, 0.05) is 19.1 Å². The SMILES string of the molecule is CCc1ccccc1C(CN)N(C)CCOC(C)C. The summed E-state index contributed by atoms with van der Waals surface area (Å²) in [5.74, 6) is 0. The van der Waals surface area contributed by atoms with Gasteiger partial charge in [0.25, 0.3) is 0 Å². The Balaban J connectivity index is 2.70. The van der Waals surface area contributed by atoms with Crippen molar-refractivity contribution in [1.82, 2.24) is 4.90 Å². The summed E-state index contributed by atoms with van der Waals surface area (Å²) >= 11 is 0. The van der Waals surface area contributed by atoms with Crippen LogP contribution in [-0.4, -0.2) is 37.7 Å². The van der Waals surface area contributed by atoms with Gasteiger partial charge < -0.3 is 10.5 Å². The Morgan fingerprint density at radius 1 is 1.26 bits per heavy atom. The molecule has 0 radical (unpaired) electrons. The molecule has 0 aromatic heterocycles. The molecular weight excluding hydrogens is 236 g/mol. The van der Waals surface area contributed by atoms with Crippen LogP contribution in [0.3, 0.4) is 0 Å². The maximum atomic E-state index is 5.98. The van der Waals surface area contributed by atoms with E-state index in [-0.39, 0.29) is 12.1 Å². The molecule has 0 aliphatic carbocycles. The highest BCUT2D eigenvalue weighted by Gasteiger charge is 2.17. The quantitative estimate of drug-likeness (QED) is 0.784. The lowest BCUT2D eigenvalue weighted by atomic mass is 9.97. The number of nitrogens with two attached hydrogens (primary N) is 1. The van der Waals surface area contributed by atoms with Gasteiger partial charge in [0.15, 0.2) is 0 Å². The van der Waals surface area contributed by atoms with Crippen LogP contribution >= 0.6 is 0 Å². The van der Waals surface area contributed by atoms with Crippen LogP contribution < -0.4 is 5.73 Å². The van der Waals surface area contributed by atoms with E-state index in [1.54, 1.807) is 0 Å². The zero-order chi connectivity index (χ0) is 14.3. The second-order valence-electron chi connectivity index (χ2n) is 5.20. The van der Waals surface area contributed by atoms with Gasteiger partial charge in [-0.05, 0) is 38.4 Å². The van der Waals surface area contributed by atoms with Crippen LogP contribution in [0.1, 0.15) is 37.9 Å². The first-order valence-corrected chi connectivity index (χ1v) is 7.19. The summed E-state index contributed by atoms with van der Waals surface area (Å²) in [5.41, 5.74) is 8.71. The number of hydrogen-bond acceptors (Lipinski definition) is 3. The second-order valence-corrected chi connectivity index (χ2v) is 5.20. The summed E-state index contributed by atoms with van der Waals surface area (Å²) in [7, 11) is 2.12. The summed E-state index contributed by atoms with van der Waals surface area (Å²) in [4.78, 5) is 2.29. The fraction of sp³-hybridized carbons (Fsp3) is 0.625. The Kier molecular flexibility index (Phi) is 7.06. The first-order valence-electron chi connectivity index (χ1n) is 7.19. The minimum absolute atomic E-state index is 0.270. The normalized spacial score (nSPS) is 13.2. The summed E-state index contributed by atoms with van der Waals surface area (Å²) in [6.07, 6.45) is 1.33. The number of hydrogen-bond donors (Lipinski definition) is 1. The van der Waals surface area contributed by atoms with Crippen LogP contribution in [0.2, 0.25) is 0 Å². The van der Waals surface area contributed by atoms with Crippen molar-refractivity contribution in [2.24, 2.45) is 5.73 Å². The van der Waals surface area contributed by atoms with Gasteiger partial charge in [0.2, 0.25) is 0 Å². The number of likely N-dealkylation sites (N-methyl/N-ethyl adjacent to an activating group) is 1. The lowest BCUT2D eigenvalue weighted by Gasteiger charge is -2.29. The summed E-state index contributed by atoms with van der Waals surface area (Å²) < 4.78 is 5.62. The van der Waals surface area contributed by atoms with Gasteiger partial charge in [-0.15, -0.1) is 0 Å². The van der Waals surface area contributed by atoms with Crippen molar-refractivity contribution < 1.29 is 4.74 Å². The molecule has 1 aromatic rings. The molecule has 19 heavy (non-hydrogen) atoms. The van der Waals surface area contributed by atoms with Gasteiger partial charge in [-0.25, -0.2) is 0 Å². The maximum absolute atomic E-state index is 5.98. The van der Waals surface area contributed by atoms with Crippen molar-refractivity contribution in [3.8, 4) is 0 Å². The minimum Gasteiger partial charge on any atom is -0.377 e. The van der Waals surface area contributed by atoms with Gasteiger partial charge in [0.1, 0.15) is 0 Å². The topological polar surface area (TPSA) is 38.5 Å². The minimum atomic E-state index is 0.270. The predicted molar refractivity (Wildman–Crippen MR) is 81.3 cm³/mol. The Hall–Kier alpha value is -0.900. The van der Waals surface area contributed by atoms with Crippen molar-refractivity contribution in [2.75, 3.05) is 26.7 Å². The molecule has 0 aliphatic heterocycles. The van der Waals surface area contributed by atoms with E-state index in [9.17, 15) is 0 Å². The van der Waals surface area contributed by atoms with Crippen molar-refractivity contribution >= 4 is 0 Å². The van der Waals surface area contributed by atoms with E-state index in [4.69, 9.17) is 10.5 Å². The Bertz CT molecular complexity index is 366. The van der Waals surface area contributed by atoms with E-state index in [0.717, 1.165) is 19.6 Å². The van der Waals surface area contributed by atoms with E-state index in [2.05, 4.69) is 57.0 Å². The molecule has 2 N–H and O–H groups in total. The molecule has 0 saturated heterocycles. The molecule has 3 nitrogen and oxygen atoms in total. The zero-order valence-electron chi connectivity index (χ0n) is 12.7. The lowest BCUT2D eigenvalue weighted by Crippen LogP contribution is -2.34.